The van der Waals surface area contributed by atoms with Gasteiger partial charge >= 0.3 is 0 Å². The van der Waals surface area contributed by atoms with Gasteiger partial charge in [-0.15, -0.1) is 0 Å². The highest BCUT2D eigenvalue weighted by Crippen LogP contribution is 2.48. The van der Waals surface area contributed by atoms with Crippen molar-refractivity contribution < 1.29 is 5.11 Å². The fourth-order valence-corrected chi connectivity index (χ4v) is 4.34. The Morgan fingerprint density at radius 1 is 1.07 bits per heavy atom. The molecular weight excluding hydrogens is 372 g/mol. The molecular formula is C25H34N4O. The van der Waals surface area contributed by atoms with E-state index in [1.54, 1.807) is 0 Å². The summed E-state index contributed by atoms with van der Waals surface area (Å²) < 4.78 is 0. The summed E-state index contributed by atoms with van der Waals surface area (Å²) in [4.78, 5) is 7.18. The summed E-state index contributed by atoms with van der Waals surface area (Å²) in [6, 6.07) is 19.3. The number of aliphatic hydroxyl groups is 1. The van der Waals surface area contributed by atoms with Gasteiger partial charge in [-0.05, 0) is 42.9 Å². The smallest absolute Gasteiger partial charge is 0.191 e. The molecule has 2 aromatic carbocycles. The predicted octanol–water partition coefficient (Wildman–Crippen LogP) is 2.69. The molecule has 0 saturated heterocycles. The lowest BCUT2D eigenvalue weighted by Crippen LogP contribution is -2.45. The van der Waals surface area contributed by atoms with Gasteiger partial charge in [0, 0.05) is 38.1 Å². The highest BCUT2D eigenvalue weighted by atomic mass is 16.3. The Morgan fingerprint density at radius 2 is 1.80 bits per heavy atom. The van der Waals surface area contributed by atoms with Crippen molar-refractivity contribution in [3.8, 4) is 0 Å². The second-order valence-electron chi connectivity index (χ2n) is 8.63. The van der Waals surface area contributed by atoms with E-state index in [1.807, 2.05) is 0 Å². The highest BCUT2D eigenvalue weighted by molar-refractivity contribution is 5.79. The Labute approximate surface area is 180 Å². The van der Waals surface area contributed by atoms with Crippen molar-refractivity contribution in [2.45, 2.75) is 44.2 Å². The SMILES string of the molecule is CCNC(=NCC1(c2ccccc2)CC1)NCC(O)CN1CCc2ccccc2C1. The molecule has 1 heterocycles. The molecule has 1 saturated carbocycles. The number of hydrogen-bond donors (Lipinski definition) is 3. The quantitative estimate of drug-likeness (QED) is 0.466. The van der Waals surface area contributed by atoms with E-state index in [4.69, 9.17) is 4.99 Å². The maximum absolute atomic E-state index is 10.6. The fraction of sp³-hybridized carbons (Fsp3) is 0.480. The molecule has 1 aliphatic heterocycles. The average molecular weight is 407 g/mol. The zero-order chi connectivity index (χ0) is 20.8. The first kappa shape index (κ1) is 20.9. The molecule has 1 aliphatic carbocycles. The van der Waals surface area contributed by atoms with Crippen LogP contribution >= 0.6 is 0 Å². The lowest BCUT2D eigenvalue weighted by molar-refractivity contribution is 0.108. The molecule has 0 amide bonds. The number of nitrogens with zero attached hydrogens (tertiary/aromatic N) is 2. The number of rotatable bonds is 8. The van der Waals surface area contributed by atoms with Gasteiger partial charge in [0.2, 0.25) is 0 Å². The van der Waals surface area contributed by atoms with Gasteiger partial charge in [-0.1, -0.05) is 54.6 Å². The van der Waals surface area contributed by atoms with Crippen LogP contribution in [0.1, 0.15) is 36.5 Å². The molecule has 0 aromatic heterocycles. The van der Waals surface area contributed by atoms with Crippen LogP contribution in [0, 0.1) is 0 Å². The number of hydrogen-bond acceptors (Lipinski definition) is 3. The van der Waals surface area contributed by atoms with Crippen LogP contribution in [0.15, 0.2) is 59.6 Å². The highest BCUT2D eigenvalue weighted by Gasteiger charge is 2.44. The maximum atomic E-state index is 10.6. The lowest BCUT2D eigenvalue weighted by Gasteiger charge is -2.30. The first-order chi connectivity index (χ1) is 14.7. The average Bonchev–Trinajstić information content (AvgIpc) is 3.57. The first-order valence-corrected chi connectivity index (χ1v) is 11.2. The van der Waals surface area contributed by atoms with Crippen molar-refractivity contribution >= 4 is 5.96 Å². The summed E-state index contributed by atoms with van der Waals surface area (Å²) in [5.41, 5.74) is 4.41. The third kappa shape index (κ3) is 5.21. The molecule has 1 fully saturated rings. The van der Waals surface area contributed by atoms with E-state index in [-0.39, 0.29) is 5.41 Å². The fourth-order valence-electron chi connectivity index (χ4n) is 4.34. The Kier molecular flexibility index (Phi) is 6.70. The van der Waals surface area contributed by atoms with Crippen molar-refractivity contribution in [3.05, 3.63) is 71.3 Å². The summed E-state index contributed by atoms with van der Waals surface area (Å²) in [5, 5.41) is 17.3. The van der Waals surface area contributed by atoms with E-state index in [1.165, 1.54) is 29.5 Å². The van der Waals surface area contributed by atoms with Crippen LogP contribution in [0.3, 0.4) is 0 Å². The summed E-state index contributed by atoms with van der Waals surface area (Å²) >= 11 is 0. The van der Waals surface area contributed by atoms with Crippen molar-refractivity contribution in [2.24, 2.45) is 4.99 Å². The molecule has 1 atom stereocenters. The summed E-state index contributed by atoms with van der Waals surface area (Å²) in [5.74, 6) is 0.794. The summed E-state index contributed by atoms with van der Waals surface area (Å²) in [7, 11) is 0. The molecule has 2 aliphatic rings. The predicted molar refractivity (Wildman–Crippen MR) is 123 cm³/mol. The minimum atomic E-state index is -0.428. The molecule has 3 N–H and O–H groups in total. The molecule has 1 unspecified atom stereocenters. The van der Waals surface area contributed by atoms with E-state index in [9.17, 15) is 5.11 Å². The molecule has 2 aromatic rings. The second-order valence-corrected chi connectivity index (χ2v) is 8.63. The van der Waals surface area contributed by atoms with Gasteiger partial charge in [0.15, 0.2) is 5.96 Å². The van der Waals surface area contributed by atoms with Crippen molar-refractivity contribution in [1.29, 1.82) is 0 Å². The molecule has 4 rings (SSSR count). The van der Waals surface area contributed by atoms with E-state index < -0.39 is 6.10 Å². The van der Waals surface area contributed by atoms with Gasteiger partial charge in [-0.3, -0.25) is 9.89 Å². The summed E-state index contributed by atoms with van der Waals surface area (Å²) in [6.45, 7) is 6.76. The van der Waals surface area contributed by atoms with Gasteiger partial charge in [-0.25, -0.2) is 0 Å². The number of nitrogens with one attached hydrogen (secondary N) is 2. The van der Waals surface area contributed by atoms with Crippen molar-refractivity contribution in [1.82, 2.24) is 15.5 Å². The normalized spacial score (nSPS) is 19.1. The Hall–Kier alpha value is -2.37. The van der Waals surface area contributed by atoms with Crippen LogP contribution in [-0.4, -0.2) is 54.8 Å². The van der Waals surface area contributed by atoms with Gasteiger partial charge in [0.1, 0.15) is 0 Å². The minimum absolute atomic E-state index is 0.198. The molecule has 0 radical (unpaired) electrons. The van der Waals surface area contributed by atoms with E-state index in [0.717, 1.165) is 38.6 Å². The van der Waals surface area contributed by atoms with Crippen LogP contribution in [0.25, 0.3) is 0 Å². The standard InChI is InChI=1S/C25H34N4O/c1-2-26-24(28-19-25(13-14-25)22-10-4-3-5-11-22)27-16-23(30)18-29-15-12-20-8-6-7-9-21(20)17-29/h3-11,23,30H,2,12-19H2,1H3,(H2,26,27,28). The van der Waals surface area contributed by atoms with Crippen LogP contribution in [-0.2, 0) is 18.4 Å². The Balaban J connectivity index is 1.28. The zero-order valence-electron chi connectivity index (χ0n) is 18.0. The van der Waals surface area contributed by atoms with Crippen molar-refractivity contribution in [3.63, 3.8) is 0 Å². The second kappa shape index (κ2) is 9.63. The monoisotopic (exact) mass is 406 g/mol. The van der Waals surface area contributed by atoms with Gasteiger partial charge in [-0.2, -0.15) is 0 Å². The minimum Gasteiger partial charge on any atom is -0.390 e. The van der Waals surface area contributed by atoms with Gasteiger partial charge < -0.3 is 15.7 Å². The van der Waals surface area contributed by atoms with E-state index in [0.29, 0.717) is 13.1 Å². The van der Waals surface area contributed by atoms with Crippen LogP contribution < -0.4 is 10.6 Å². The Morgan fingerprint density at radius 3 is 2.53 bits per heavy atom. The molecule has 30 heavy (non-hydrogen) atoms. The number of aliphatic hydroxyl groups excluding tert-OH is 1. The molecule has 5 heteroatoms. The van der Waals surface area contributed by atoms with E-state index >= 15 is 0 Å². The third-order valence-electron chi connectivity index (χ3n) is 6.31. The largest absolute Gasteiger partial charge is 0.390 e. The lowest BCUT2D eigenvalue weighted by atomic mass is 9.96. The number of β-amino-alcohol motifs (C(OH)–C–C–N with tert-alkyl or cyclic N) is 1. The zero-order valence-corrected chi connectivity index (χ0v) is 18.0. The van der Waals surface area contributed by atoms with Crippen LogP contribution in [0.5, 0.6) is 0 Å². The summed E-state index contributed by atoms with van der Waals surface area (Å²) in [6.07, 6.45) is 3.02. The third-order valence-corrected chi connectivity index (χ3v) is 6.31. The molecule has 160 valence electrons. The molecule has 0 bridgehead atoms. The molecule has 0 spiro atoms. The van der Waals surface area contributed by atoms with Gasteiger partial charge in [0.25, 0.3) is 0 Å². The number of fused-ring (bicyclic) bond motifs is 1. The van der Waals surface area contributed by atoms with Gasteiger partial charge in [0.05, 0.1) is 12.6 Å². The van der Waals surface area contributed by atoms with E-state index in [2.05, 4.69) is 77.1 Å². The number of benzene rings is 2. The van der Waals surface area contributed by atoms with Crippen LogP contribution in [0.2, 0.25) is 0 Å². The topological polar surface area (TPSA) is 59.9 Å². The van der Waals surface area contributed by atoms with Crippen molar-refractivity contribution in [2.75, 3.05) is 32.7 Å². The number of guanidine groups is 1. The Bertz CT molecular complexity index is 847. The van der Waals surface area contributed by atoms with Crippen LogP contribution in [0.4, 0.5) is 0 Å². The number of aliphatic imine (C=N–C) groups is 1. The maximum Gasteiger partial charge on any atom is 0.191 e. The molecule has 5 nitrogen and oxygen atoms in total. The first-order valence-electron chi connectivity index (χ1n) is 11.2.